The topological polar surface area (TPSA) is 82.3 Å². The highest BCUT2D eigenvalue weighted by Crippen LogP contribution is 2.31. The summed E-state index contributed by atoms with van der Waals surface area (Å²) in [6.07, 6.45) is -1.21. The Hall–Kier alpha value is -1.94. The van der Waals surface area contributed by atoms with Gasteiger partial charge in [-0.05, 0) is 12.8 Å². The van der Waals surface area contributed by atoms with Crippen molar-refractivity contribution in [2.75, 3.05) is 13.2 Å². The number of imidazole rings is 1. The van der Waals surface area contributed by atoms with Crippen molar-refractivity contribution < 1.29 is 27.8 Å². The van der Waals surface area contributed by atoms with Gasteiger partial charge in [0.1, 0.15) is 12.6 Å². The maximum absolute atomic E-state index is 12.2. The van der Waals surface area contributed by atoms with E-state index < -0.39 is 12.8 Å². The smallest absolute Gasteiger partial charge is 0.422 e. The van der Waals surface area contributed by atoms with Crippen LogP contribution in [0.5, 0.6) is 5.88 Å². The number of ether oxygens (including phenoxy) is 2. The van der Waals surface area contributed by atoms with E-state index >= 15 is 0 Å². The average molecular weight is 318 g/mol. The highest BCUT2D eigenvalue weighted by atomic mass is 19.4. The number of hydrogen-bond donors (Lipinski definition) is 1. The largest absolute Gasteiger partial charge is 0.466 e. The summed E-state index contributed by atoms with van der Waals surface area (Å²) in [7, 11) is 0. The molecule has 0 bridgehead atoms. The third-order valence-electron chi connectivity index (χ3n) is 3.30. The predicted molar refractivity (Wildman–Crippen MR) is 67.1 cm³/mol. The molecule has 0 aliphatic carbocycles. The highest BCUT2D eigenvalue weighted by molar-refractivity contribution is 5.76. The number of fused-ring (bicyclic) bond motifs is 1. The lowest BCUT2D eigenvalue weighted by atomic mass is 10.2. The molecule has 1 N–H and O–H groups in total. The van der Waals surface area contributed by atoms with E-state index in [1.54, 1.807) is 4.57 Å². The SMILES string of the molecule is OC[C@@H]1CC[C@H](n2cnc3c(OCC(F)(F)F)ncnc32)O1. The summed E-state index contributed by atoms with van der Waals surface area (Å²) in [5.74, 6) is -0.224. The van der Waals surface area contributed by atoms with Crippen LogP contribution in [0.4, 0.5) is 13.2 Å². The molecule has 3 heterocycles. The van der Waals surface area contributed by atoms with Crippen LogP contribution in [-0.4, -0.2) is 50.1 Å². The van der Waals surface area contributed by atoms with Crippen LogP contribution < -0.4 is 4.74 Å². The van der Waals surface area contributed by atoms with E-state index in [0.717, 1.165) is 6.33 Å². The highest BCUT2D eigenvalue weighted by Gasteiger charge is 2.30. The first-order valence-corrected chi connectivity index (χ1v) is 6.61. The zero-order valence-corrected chi connectivity index (χ0v) is 11.3. The molecule has 0 saturated carbocycles. The third-order valence-corrected chi connectivity index (χ3v) is 3.30. The number of aromatic nitrogens is 4. The lowest BCUT2D eigenvalue weighted by Crippen LogP contribution is -2.20. The number of aliphatic hydroxyl groups is 1. The van der Waals surface area contributed by atoms with E-state index in [0.29, 0.717) is 18.5 Å². The monoisotopic (exact) mass is 318 g/mol. The van der Waals surface area contributed by atoms with Gasteiger partial charge in [0.05, 0.1) is 19.0 Å². The minimum absolute atomic E-state index is 0.0853. The fourth-order valence-corrected chi connectivity index (χ4v) is 2.32. The van der Waals surface area contributed by atoms with Crippen LogP contribution in [0.3, 0.4) is 0 Å². The van der Waals surface area contributed by atoms with Crippen molar-refractivity contribution in [3.8, 4) is 5.88 Å². The molecular weight excluding hydrogens is 305 g/mol. The fraction of sp³-hybridized carbons (Fsp3) is 0.583. The molecule has 2 atom stereocenters. The van der Waals surface area contributed by atoms with Gasteiger partial charge in [-0.25, -0.2) is 9.97 Å². The molecule has 120 valence electrons. The quantitative estimate of drug-likeness (QED) is 0.918. The summed E-state index contributed by atoms with van der Waals surface area (Å²) in [6, 6.07) is 0. The second-order valence-electron chi connectivity index (χ2n) is 4.88. The second-order valence-corrected chi connectivity index (χ2v) is 4.88. The van der Waals surface area contributed by atoms with Crippen LogP contribution in [0.2, 0.25) is 0 Å². The molecule has 2 aromatic heterocycles. The van der Waals surface area contributed by atoms with Crippen molar-refractivity contribution in [1.82, 2.24) is 19.5 Å². The Bertz CT molecular complexity index is 661. The summed E-state index contributed by atoms with van der Waals surface area (Å²) < 4.78 is 48.6. The first kappa shape index (κ1) is 15.0. The normalized spacial score (nSPS) is 22.4. The summed E-state index contributed by atoms with van der Waals surface area (Å²) in [5.41, 5.74) is 0.471. The minimum atomic E-state index is -4.46. The van der Waals surface area contributed by atoms with Crippen LogP contribution in [0.1, 0.15) is 19.1 Å². The molecule has 1 saturated heterocycles. The van der Waals surface area contributed by atoms with Crippen molar-refractivity contribution in [1.29, 1.82) is 0 Å². The van der Waals surface area contributed by atoms with Gasteiger partial charge in [-0.3, -0.25) is 4.57 Å². The van der Waals surface area contributed by atoms with Gasteiger partial charge in [0, 0.05) is 0 Å². The number of nitrogens with zero attached hydrogens (tertiary/aromatic N) is 4. The zero-order chi connectivity index (χ0) is 15.7. The molecule has 2 aromatic rings. The van der Waals surface area contributed by atoms with E-state index in [2.05, 4.69) is 19.7 Å². The van der Waals surface area contributed by atoms with Crippen LogP contribution in [0, 0.1) is 0 Å². The molecule has 0 amide bonds. The Labute approximate surface area is 122 Å². The minimum Gasteiger partial charge on any atom is -0.466 e. The van der Waals surface area contributed by atoms with Crippen molar-refractivity contribution in [3.05, 3.63) is 12.7 Å². The molecule has 22 heavy (non-hydrogen) atoms. The maximum Gasteiger partial charge on any atom is 0.422 e. The third kappa shape index (κ3) is 2.97. The molecule has 10 heteroatoms. The van der Waals surface area contributed by atoms with E-state index in [4.69, 9.17) is 9.84 Å². The molecule has 0 spiro atoms. The first-order valence-electron chi connectivity index (χ1n) is 6.61. The lowest BCUT2D eigenvalue weighted by molar-refractivity contribution is -0.153. The molecule has 3 rings (SSSR count). The average Bonchev–Trinajstić information content (AvgIpc) is 3.10. The number of rotatable bonds is 4. The molecule has 1 fully saturated rings. The lowest BCUT2D eigenvalue weighted by Gasteiger charge is -2.14. The Morgan fingerprint density at radius 2 is 2.14 bits per heavy atom. The summed E-state index contributed by atoms with van der Waals surface area (Å²) in [5, 5.41) is 9.08. The fourth-order valence-electron chi connectivity index (χ4n) is 2.32. The van der Waals surface area contributed by atoms with Crippen LogP contribution in [0.15, 0.2) is 12.7 Å². The number of halogens is 3. The second kappa shape index (κ2) is 5.69. The predicted octanol–water partition coefficient (Wildman–Crippen LogP) is 1.44. The molecular formula is C12H13F3N4O3. The van der Waals surface area contributed by atoms with Gasteiger partial charge >= 0.3 is 6.18 Å². The van der Waals surface area contributed by atoms with E-state index in [1.807, 2.05) is 0 Å². The molecule has 0 aromatic carbocycles. The van der Waals surface area contributed by atoms with Gasteiger partial charge < -0.3 is 14.6 Å². The van der Waals surface area contributed by atoms with E-state index in [-0.39, 0.29) is 30.3 Å². The Morgan fingerprint density at radius 1 is 1.32 bits per heavy atom. The van der Waals surface area contributed by atoms with E-state index in [1.165, 1.54) is 6.33 Å². The summed E-state index contributed by atoms with van der Waals surface area (Å²) >= 11 is 0. The number of alkyl halides is 3. The van der Waals surface area contributed by atoms with E-state index in [9.17, 15) is 13.2 Å². The molecule has 7 nitrogen and oxygen atoms in total. The summed E-state index contributed by atoms with van der Waals surface area (Å²) in [4.78, 5) is 11.7. The Balaban J connectivity index is 1.86. The van der Waals surface area contributed by atoms with Gasteiger partial charge in [0.25, 0.3) is 0 Å². The van der Waals surface area contributed by atoms with Crippen molar-refractivity contribution in [3.63, 3.8) is 0 Å². The number of hydrogen-bond acceptors (Lipinski definition) is 6. The van der Waals surface area contributed by atoms with Crippen molar-refractivity contribution >= 4 is 11.2 Å². The zero-order valence-electron chi connectivity index (χ0n) is 11.3. The molecule has 0 radical (unpaired) electrons. The molecule has 1 aliphatic rings. The Kier molecular flexibility index (Phi) is 3.87. The van der Waals surface area contributed by atoms with Gasteiger partial charge in [0.2, 0.25) is 5.88 Å². The molecule has 0 unspecified atom stereocenters. The van der Waals surface area contributed by atoms with Gasteiger partial charge in [-0.2, -0.15) is 18.2 Å². The standard InChI is InChI=1S/C12H13F3N4O3/c13-12(14,15)4-21-11-9-10(16-5-17-11)19(6-18-9)8-2-1-7(3-20)22-8/h5-8,20H,1-4H2/t7-,8+/m0/s1. The van der Waals surface area contributed by atoms with Crippen LogP contribution in [0.25, 0.3) is 11.2 Å². The Morgan fingerprint density at radius 3 is 2.82 bits per heavy atom. The number of aliphatic hydroxyl groups excluding tert-OH is 1. The molecule has 1 aliphatic heterocycles. The maximum atomic E-state index is 12.2. The van der Waals surface area contributed by atoms with Gasteiger partial charge in [0.15, 0.2) is 17.8 Å². The van der Waals surface area contributed by atoms with Crippen LogP contribution in [-0.2, 0) is 4.74 Å². The summed E-state index contributed by atoms with van der Waals surface area (Å²) in [6.45, 7) is -1.53. The van der Waals surface area contributed by atoms with Crippen LogP contribution >= 0.6 is 0 Å². The first-order chi connectivity index (χ1) is 10.5. The van der Waals surface area contributed by atoms with Gasteiger partial charge in [-0.1, -0.05) is 0 Å². The van der Waals surface area contributed by atoms with Crippen molar-refractivity contribution in [2.24, 2.45) is 0 Å². The van der Waals surface area contributed by atoms with Crippen molar-refractivity contribution in [2.45, 2.75) is 31.3 Å². The van der Waals surface area contributed by atoms with Gasteiger partial charge in [-0.15, -0.1) is 0 Å².